The van der Waals surface area contributed by atoms with Crippen LogP contribution in [0, 0.1) is 0 Å². The summed E-state index contributed by atoms with van der Waals surface area (Å²) in [6.45, 7) is 1.71. The van der Waals surface area contributed by atoms with Crippen molar-refractivity contribution in [3.8, 4) is 0 Å². The van der Waals surface area contributed by atoms with Crippen molar-refractivity contribution in [2.75, 3.05) is 25.6 Å². The molecule has 4 nitrogen and oxygen atoms in total. The van der Waals surface area contributed by atoms with Crippen LogP contribution < -0.4 is 10.6 Å². The maximum atomic E-state index is 12.8. The lowest BCUT2D eigenvalue weighted by Gasteiger charge is -2.17. The highest BCUT2D eigenvalue weighted by Gasteiger charge is 2.34. The van der Waals surface area contributed by atoms with E-state index in [1.807, 2.05) is 0 Å². The van der Waals surface area contributed by atoms with E-state index in [4.69, 9.17) is 16.3 Å². The molecule has 0 fully saturated rings. The monoisotopic (exact) mass is 324 g/mol. The minimum Gasteiger partial charge on any atom is -0.383 e. The Balaban J connectivity index is 2.73. The lowest BCUT2D eigenvalue weighted by molar-refractivity contribution is -0.137. The third kappa shape index (κ3) is 5.43. The van der Waals surface area contributed by atoms with Gasteiger partial charge in [-0.25, -0.2) is 0 Å². The van der Waals surface area contributed by atoms with Gasteiger partial charge in [0.1, 0.15) is 0 Å². The first-order valence-electron chi connectivity index (χ1n) is 6.13. The van der Waals surface area contributed by atoms with Gasteiger partial charge in [0.2, 0.25) is 5.91 Å². The van der Waals surface area contributed by atoms with Crippen LogP contribution in [-0.2, 0) is 15.7 Å². The molecule has 118 valence electrons. The second kappa shape index (κ2) is 7.51. The average molecular weight is 325 g/mol. The first kappa shape index (κ1) is 17.6. The smallest absolute Gasteiger partial charge is 0.383 e. The lowest BCUT2D eigenvalue weighted by Crippen LogP contribution is -2.39. The molecule has 1 aromatic carbocycles. The second-order valence-electron chi connectivity index (χ2n) is 4.44. The summed E-state index contributed by atoms with van der Waals surface area (Å²) >= 11 is 5.76. The number of carbonyl (C=O) groups is 1. The Morgan fingerprint density at radius 2 is 2.10 bits per heavy atom. The van der Waals surface area contributed by atoms with Crippen LogP contribution in [0.5, 0.6) is 0 Å². The highest BCUT2D eigenvalue weighted by Crippen LogP contribution is 2.38. The van der Waals surface area contributed by atoms with Gasteiger partial charge in [-0.05, 0) is 19.1 Å². The third-order valence-electron chi connectivity index (χ3n) is 2.57. The van der Waals surface area contributed by atoms with Gasteiger partial charge in [-0.1, -0.05) is 17.7 Å². The van der Waals surface area contributed by atoms with E-state index in [9.17, 15) is 18.0 Å². The number of anilines is 1. The molecule has 0 aliphatic heterocycles. The number of benzene rings is 1. The van der Waals surface area contributed by atoms with Gasteiger partial charge in [-0.15, -0.1) is 0 Å². The molecule has 1 amide bonds. The molecule has 21 heavy (non-hydrogen) atoms. The summed E-state index contributed by atoms with van der Waals surface area (Å²) in [6.07, 6.45) is -4.55. The number of nitrogens with one attached hydrogen (secondary N) is 2. The van der Waals surface area contributed by atoms with Gasteiger partial charge >= 0.3 is 6.18 Å². The molecule has 0 bridgehead atoms. The fraction of sp³-hybridized carbons (Fsp3) is 0.462. The van der Waals surface area contributed by atoms with Gasteiger partial charge in [0, 0.05) is 13.2 Å². The highest BCUT2D eigenvalue weighted by molar-refractivity contribution is 6.33. The van der Waals surface area contributed by atoms with E-state index < -0.39 is 17.6 Å². The van der Waals surface area contributed by atoms with E-state index in [2.05, 4.69) is 10.6 Å². The fourth-order valence-electron chi connectivity index (χ4n) is 1.73. The van der Waals surface area contributed by atoms with E-state index in [1.165, 1.54) is 19.2 Å². The van der Waals surface area contributed by atoms with E-state index in [-0.39, 0.29) is 23.3 Å². The predicted octanol–water partition coefficient (Wildman–Crippen LogP) is 2.92. The first-order valence-corrected chi connectivity index (χ1v) is 6.51. The summed E-state index contributed by atoms with van der Waals surface area (Å²) in [5.74, 6) is -0.451. The zero-order chi connectivity index (χ0) is 16.0. The number of hydrogen-bond donors (Lipinski definition) is 2. The number of alkyl halides is 3. The van der Waals surface area contributed by atoms with Gasteiger partial charge in [-0.2, -0.15) is 13.2 Å². The molecule has 1 atom stereocenters. The number of ether oxygens (including phenoxy) is 1. The molecule has 0 radical (unpaired) electrons. The maximum Gasteiger partial charge on any atom is 0.418 e. The van der Waals surface area contributed by atoms with Crippen LogP contribution in [0.4, 0.5) is 18.9 Å². The van der Waals surface area contributed by atoms with Gasteiger partial charge < -0.3 is 15.4 Å². The van der Waals surface area contributed by atoms with Crippen molar-refractivity contribution < 1.29 is 22.7 Å². The quantitative estimate of drug-likeness (QED) is 0.846. The molecule has 0 heterocycles. The number of amides is 1. The van der Waals surface area contributed by atoms with Crippen molar-refractivity contribution in [3.63, 3.8) is 0 Å². The van der Waals surface area contributed by atoms with Crippen molar-refractivity contribution in [1.29, 1.82) is 0 Å². The molecule has 0 saturated carbocycles. The SMILES string of the molecule is COCC(C)NC(=O)CNc1c(Cl)cccc1C(F)(F)F. The van der Waals surface area contributed by atoms with Gasteiger partial charge in [0.25, 0.3) is 0 Å². The summed E-state index contributed by atoms with van der Waals surface area (Å²) in [6, 6.07) is 3.19. The molecule has 8 heteroatoms. The minimum atomic E-state index is -4.55. The van der Waals surface area contributed by atoms with Crippen LogP contribution in [-0.4, -0.2) is 32.2 Å². The van der Waals surface area contributed by atoms with E-state index in [0.717, 1.165) is 6.07 Å². The molecule has 1 aromatic rings. The van der Waals surface area contributed by atoms with Crippen molar-refractivity contribution in [2.24, 2.45) is 0 Å². The number of carbonyl (C=O) groups excluding carboxylic acids is 1. The van der Waals surface area contributed by atoms with Crippen LogP contribution in [0.2, 0.25) is 5.02 Å². The second-order valence-corrected chi connectivity index (χ2v) is 4.84. The minimum absolute atomic E-state index is 0.0948. The Morgan fingerprint density at radius 3 is 2.67 bits per heavy atom. The molecular formula is C13H16ClF3N2O2. The van der Waals surface area contributed by atoms with Crippen LogP contribution in [0.15, 0.2) is 18.2 Å². The highest BCUT2D eigenvalue weighted by atomic mass is 35.5. The van der Waals surface area contributed by atoms with E-state index in [1.54, 1.807) is 6.92 Å². The molecule has 0 spiro atoms. The molecule has 0 aliphatic carbocycles. The Bertz CT molecular complexity index is 495. The third-order valence-corrected chi connectivity index (χ3v) is 2.88. The summed E-state index contributed by atoms with van der Waals surface area (Å²) in [5, 5.41) is 4.91. The molecular weight excluding hydrogens is 309 g/mol. The Labute approximate surface area is 125 Å². The van der Waals surface area contributed by atoms with Crippen molar-refractivity contribution >= 4 is 23.2 Å². The van der Waals surface area contributed by atoms with Gasteiger partial charge in [0.15, 0.2) is 0 Å². The summed E-state index contributed by atoms with van der Waals surface area (Å²) in [7, 11) is 1.49. The topological polar surface area (TPSA) is 50.4 Å². The normalized spacial score (nSPS) is 12.9. The van der Waals surface area contributed by atoms with Crippen molar-refractivity contribution in [1.82, 2.24) is 5.32 Å². The fourth-order valence-corrected chi connectivity index (χ4v) is 1.97. The summed E-state index contributed by atoms with van der Waals surface area (Å²) < 4.78 is 43.4. The molecule has 0 aromatic heterocycles. The standard InChI is InChI=1S/C13H16ClF3N2O2/c1-8(7-21-2)19-11(20)6-18-12-9(13(15,16)17)4-3-5-10(12)14/h3-5,8,18H,6-7H2,1-2H3,(H,19,20). The maximum absolute atomic E-state index is 12.8. The first-order chi connectivity index (χ1) is 9.75. The predicted molar refractivity (Wildman–Crippen MR) is 74.4 cm³/mol. The Morgan fingerprint density at radius 1 is 1.43 bits per heavy atom. The number of para-hydroxylation sites is 1. The Kier molecular flexibility index (Phi) is 6.29. The molecule has 1 rings (SSSR count). The van der Waals surface area contributed by atoms with Gasteiger partial charge in [-0.3, -0.25) is 4.79 Å². The Hall–Kier alpha value is -1.47. The number of hydrogen-bond acceptors (Lipinski definition) is 3. The lowest BCUT2D eigenvalue weighted by atomic mass is 10.1. The van der Waals surface area contributed by atoms with Crippen molar-refractivity contribution in [3.05, 3.63) is 28.8 Å². The average Bonchev–Trinajstić information content (AvgIpc) is 2.36. The number of methoxy groups -OCH3 is 1. The van der Waals surface area contributed by atoms with Gasteiger partial charge in [0.05, 0.1) is 29.4 Å². The largest absolute Gasteiger partial charge is 0.418 e. The van der Waals surface area contributed by atoms with Crippen LogP contribution >= 0.6 is 11.6 Å². The molecule has 1 unspecified atom stereocenters. The number of halogens is 4. The zero-order valence-corrected chi connectivity index (χ0v) is 12.3. The summed E-state index contributed by atoms with van der Waals surface area (Å²) in [4.78, 5) is 11.6. The molecule has 2 N–H and O–H groups in total. The summed E-state index contributed by atoms with van der Waals surface area (Å²) in [5.41, 5.74) is -1.21. The van der Waals surface area contributed by atoms with Crippen LogP contribution in [0.25, 0.3) is 0 Å². The molecule has 0 aliphatic rings. The number of rotatable bonds is 6. The van der Waals surface area contributed by atoms with Crippen LogP contribution in [0.3, 0.4) is 0 Å². The van der Waals surface area contributed by atoms with Crippen LogP contribution in [0.1, 0.15) is 12.5 Å². The van der Waals surface area contributed by atoms with E-state index >= 15 is 0 Å². The van der Waals surface area contributed by atoms with E-state index in [0.29, 0.717) is 6.61 Å². The zero-order valence-electron chi connectivity index (χ0n) is 11.6. The van der Waals surface area contributed by atoms with Crippen molar-refractivity contribution in [2.45, 2.75) is 19.1 Å². The molecule has 0 saturated heterocycles.